The van der Waals surface area contributed by atoms with Crippen LogP contribution in [0.1, 0.15) is 24.1 Å². The van der Waals surface area contributed by atoms with E-state index in [1.54, 1.807) is 18.3 Å². The van der Waals surface area contributed by atoms with Gasteiger partial charge in [0.2, 0.25) is 5.95 Å². The number of pyridine rings is 2. The number of nitrogens with one attached hydrogen (secondary N) is 2. The van der Waals surface area contributed by atoms with E-state index in [1.807, 2.05) is 30.7 Å². The number of aromatic nitrogens is 4. The molecule has 10 heteroatoms. The molecule has 6 rings (SSSR count). The van der Waals surface area contributed by atoms with Gasteiger partial charge in [-0.2, -0.15) is 0 Å². The maximum absolute atomic E-state index is 11.8. The Balaban J connectivity index is 0.995. The molecule has 2 fully saturated rings. The van der Waals surface area contributed by atoms with Crippen molar-refractivity contribution in [2.45, 2.75) is 19.4 Å². The van der Waals surface area contributed by atoms with Crippen LogP contribution in [-0.4, -0.2) is 50.7 Å². The van der Waals surface area contributed by atoms with E-state index < -0.39 is 0 Å². The van der Waals surface area contributed by atoms with Crippen LogP contribution in [0.2, 0.25) is 0 Å². The third kappa shape index (κ3) is 5.81. The van der Waals surface area contributed by atoms with Crippen molar-refractivity contribution in [2.24, 2.45) is 5.92 Å². The van der Waals surface area contributed by atoms with Crippen molar-refractivity contribution in [3.05, 3.63) is 83.4 Å². The van der Waals surface area contributed by atoms with Crippen molar-refractivity contribution in [1.82, 2.24) is 30.6 Å². The Bertz CT molecular complexity index is 1540. The van der Waals surface area contributed by atoms with Crippen LogP contribution in [0.15, 0.2) is 72.2 Å². The number of hydrogen-bond acceptors (Lipinski definition) is 9. The number of piperidine rings is 1. The second-order valence-electron chi connectivity index (χ2n) is 9.65. The maximum Gasteiger partial charge on any atom is 0.290 e. The Morgan fingerprint density at radius 2 is 1.92 bits per heavy atom. The molecule has 196 valence electrons. The van der Waals surface area contributed by atoms with E-state index in [9.17, 15) is 9.59 Å². The van der Waals surface area contributed by atoms with E-state index in [-0.39, 0.29) is 11.1 Å². The fourth-order valence-corrected chi connectivity index (χ4v) is 5.61. The molecule has 39 heavy (non-hydrogen) atoms. The smallest absolute Gasteiger partial charge is 0.290 e. The highest BCUT2D eigenvalue weighted by atomic mass is 32.2. The number of hydrogen-bond donors (Lipinski definition) is 2. The highest BCUT2D eigenvalue weighted by molar-refractivity contribution is 8.18. The molecule has 3 aromatic heterocycles. The Morgan fingerprint density at radius 1 is 1.03 bits per heavy atom. The molecule has 2 aliphatic heterocycles. The quantitative estimate of drug-likeness (QED) is 0.331. The van der Waals surface area contributed by atoms with Gasteiger partial charge in [-0.1, -0.05) is 24.3 Å². The third-order valence-corrected chi connectivity index (χ3v) is 7.84. The summed E-state index contributed by atoms with van der Waals surface area (Å²) in [6.07, 6.45) is 11.1. The molecular formula is C29H27N7O2S. The SMILES string of the molecule is O=C1NC(=O)C(=Cc2ccnc(N3CCC(CNCc4ccc(-c5cccc6cnccc56)nc4)CC3)n2)S1. The number of thioether (sulfide) groups is 1. The highest BCUT2D eigenvalue weighted by Crippen LogP contribution is 2.27. The van der Waals surface area contributed by atoms with Gasteiger partial charge in [-0.25, -0.2) is 9.97 Å². The average molecular weight is 538 g/mol. The van der Waals surface area contributed by atoms with Gasteiger partial charge in [0.05, 0.1) is 16.3 Å². The molecule has 2 amide bonds. The van der Waals surface area contributed by atoms with Crippen LogP contribution in [0.3, 0.4) is 0 Å². The molecule has 4 aromatic rings. The van der Waals surface area contributed by atoms with Crippen molar-refractivity contribution in [2.75, 3.05) is 24.5 Å². The van der Waals surface area contributed by atoms with Gasteiger partial charge in [-0.3, -0.25) is 24.9 Å². The van der Waals surface area contributed by atoms with Crippen molar-refractivity contribution in [3.63, 3.8) is 0 Å². The van der Waals surface area contributed by atoms with Gasteiger partial charge >= 0.3 is 0 Å². The van der Waals surface area contributed by atoms with Crippen LogP contribution in [0, 0.1) is 5.92 Å². The summed E-state index contributed by atoms with van der Waals surface area (Å²) in [6.45, 7) is 3.47. The lowest BCUT2D eigenvalue weighted by Crippen LogP contribution is -2.38. The minimum absolute atomic E-state index is 0.352. The van der Waals surface area contributed by atoms with Crippen molar-refractivity contribution < 1.29 is 9.59 Å². The molecule has 1 aromatic carbocycles. The number of carbonyl (C=O) groups is 2. The Hall–Kier alpha value is -4.15. The summed E-state index contributed by atoms with van der Waals surface area (Å²) < 4.78 is 0. The number of carbonyl (C=O) groups excluding carboxylic acids is 2. The first-order valence-electron chi connectivity index (χ1n) is 12.9. The topological polar surface area (TPSA) is 113 Å². The van der Waals surface area contributed by atoms with E-state index in [0.717, 1.165) is 78.4 Å². The Labute approximate surface area is 230 Å². The lowest BCUT2D eigenvalue weighted by Gasteiger charge is -2.32. The fourth-order valence-electron chi connectivity index (χ4n) is 4.94. The molecule has 0 spiro atoms. The molecule has 0 saturated carbocycles. The van der Waals surface area contributed by atoms with Gasteiger partial charge in [0.25, 0.3) is 11.1 Å². The minimum atomic E-state index is -0.382. The fraction of sp³-hybridized carbons (Fsp3) is 0.241. The number of amides is 2. The zero-order valence-electron chi connectivity index (χ0n) is 21.2. The zero-order chi connectivity index (χ0) is 26.6. The van der Waals surface area contributed by atoms with E-state index >= 15 is 0 Å². The van der Waals surface area contributed by atoms with Gasteiger partial charge in [0.15, 0.2) is 0 Å². The molecule has 0 unspecified atom stereocenters. The standard InChI is InChI=1S/C29H27N7O2S/c37-27-26(39-29(38)35-27)14-22-6-11-32-28(34-22)36-12-8-19(9-13-36)15-31-16-20-4-5-25(33-17-20)24-3-1-2-21-18-30-10-7-23(21)24/h1-7,10-11,14,17-19,31H,8-9,12-13,15-16H2,(H,35,37,38). The van der Waals surface area contributed by atoms with Crippen molar-refractivity contribution in [3.8, 4) is 11.3 Å². The van der Waals surface area contributed by atoms with Crippen molar-refractivity contribution in [1.29, 1.82) is 0 Å². The van der Waals surface area contributed by atoms with Gasteiger partial charge in [-0.05, 0) is 72.3 Å². The lowest BCUT2D eigenvalue weighted by atomic mass is 9.97. The van der Waals surface area contributed by atoms with Crippen LogP contribution in [0.25, 0.3) is 28.1 Å². The molecule has 5 heterocycles. The summed E-state index contributed by atoms with van der Waals surface area (Å²) in [4.78, 5) is 43.7. The molecule has 2 N–H and O–H groups in total. The van der Waals surface area contributed by atoms with Crippen LogP contribution in [-0.2, 0) is 11.3 Å². The monoisotopic (exact) mass is 537 g/mol. The summed E-state index contributed by atoms with van der Waals surface area (Å²) in [5, 5.41) is 7.77. The zero-order valence-corrected chi connectivity index (χ0v) is 22.0. The highest BCUT2D eigenvalue weighted by Gasteiger charge is 2.25. The minimum Gasteiger partial charge on any atom is -0.341 e. The molecule has 2 saturated heterocycles. The summed E-state index contributed by atoms with van der Waals surface area (Å²) in [5.74, 6) is 0.847. The summed E-state index contributed by atoms with van der Waals surface area (Å²) >= 11 is 0.891. The molecule has 0 bridgehead atoms. The maximum atomic E-state index is 11.8. The van der Waals surface area contributed by atoms with E-state index in [1.165, 1.54) is 0 Å². The molecule has 9 nitrogen and oxygen atoms in total. The first-order chi connectivity index (χ1) is 19.1. The van der Waals surface area contributed by atoms with Crippen molar-refractivity contribution >= 4 is 45.7 Å². The molecular weight excluding hydrogens is 510 g/mol. The second-order valence-corrected chi connectivity index (χ2v) is 10.7. The number of nitrogens with zero attached hydrogens (tertiary/aromatic N) is 5. The third-order valence-electron chi connectivity index (χ3n) is 7.03. The van der Waals surface area contributed by atoms with Crippen LogP contribution >= 0.6 is 11.8 Å². The predicted octanol–water partition coefficient (Wildman–Crippen LogP) is 4.42. The summed E-state index contributed by atoms with van der Waals surface area (Å²) in [7, 11) is 0. The molecule has 2 aliphatic rings. The average Bonchev–Trinajstić information content (AvgIpc) is 3.29. The van der Waals surface area contributed by atoms with E-state index in [4.69, 9.17) is 4.98 Å². The summed E-state index contributed by atoms with van der Waals surface area (Å²) in [5.41, 5.74) is 3.86. The van der Waals surface area contributed by atoms with Gasteiger partial charge in [0, 0.05) is 55.4 Å². The molecule has 0 radical (unpaired) electrons. The van der Waals surface area contributed by atoms with E-state index in [0.29, 0.717) is 22.5 Å². The second kappa shape index (κ2) is 11.3. The normalized spacial score (nSPS) is 17.2. The molecule has 0 aliphatic carbocycles. The number of anilines is 1. The number of rotatable bonds is 7. The van der Waals surface area contributed by atoms with Gasteiger partial charge < -0.3 is 10.2 Å². The van der Waals surface area contributed by atoms with E-state index in [2.05, 4.69) is 54.8 Å². The largest absolute Gasteiger partial charge is 0.341 e. The molecule has 0 atom stereocenters. The first-order valence-corrected chi connectivity index (χ1v) is 13.8. The lowest BCUT2D eigenvalue weighted by molar-refractivity contribution is -0.115. The summed E-state index contributed by atoms with van der Waals surface area (Å²) in [6, 6.07) is 14.2. The van der Waals surface area contributed by atoms with Crippen LogP contribution in [0.4, 0.5) is 10.7 Å². The van der Waals surface area contributed by atoms with Crippen LogP contribution in [0.5, 0.6) is 0 Å². The Morgan fingerprint density at radius 3 is 2.72 bits per heavy atom. The van der Waals surface area contributed by atoms with Gasteiger partial charge in [0.1, 0.15) is 0 Å². The predicted molar refractivity (Wildman–Crippen MR) is 153 cm³/mol. The number of imide groups is 1. The number of fused-ring (bicyclic) bond motifs is 1. The number of benzene rings is 1. The Kier molecular flexibility index (Phi) is 7.29. The first kappa shape index (κ1) is 25.1. The van der Waals surface area contributed by atoms with Gasteiger partial charge in [-0.15, -0.1) is 0 Å². The van der Waals surface area contributed by atoms with Crippen LogP contribution < -0.4 is 15.5 Å².